The lowest BCUT2D eigenvalue weighted by Gasteiger charge is -2.45. The van der Waals surface area contributed by atoms with Gasteiger partial charge in [0.15, 0.2) is 16.1 Å². The summed E-state index contributed by atoms with van der Waals surface area (Å²) in [5.41, 5.74) is 14.2. The Morgan fingerprint density at radius 3 is 1.06 bits per heavy atom. The van der Waals surface area contributed by atoms with E-state index in [1.807, 2.05) is 0 Å². The van der Waals surface area contributed by atoms with Gasteiger partial charge in [0.1, 0.15) is 0 Å². The van der Waals surface area contributed by atoms with Gasteiger partial charge in [-0.25, -0.2) is 0 Å². The maximum Gasteiger partial charge on any atom is 0.252 e. The van der Waals surface area contributed by atoms with E-state index in [1.54, 1.807) is 0 Å². The van der Waals surface area contributed by atoms with Crippen LogP contribution in [-0.2, 0) is 0 Å². The molecule has 394 valence electrons. The number of hydrogen-bond donors (Lipinski definition) is 0. The molecule has 1 aromatic heterocycles. The zero-order valence-electron chi connectivity index (χ0n) is 46.3. The van der Waals surface area contributed by atoms with Gasteiger partial charge in [0, 0.05) is 44.9 Å². The second-order valence-corrected chi connectivity index (χ2v) is 29.9. The Bertz CT molecular complexity index is 4490. The number of fused-ring (bicyclic) bond motifs is 7. The first-order valence-electron chi connectivity index (χ1n) is 29.2. The van der Waals surface area contributed by atoms with Gasteiger partial charge in [-0.3, -0.25) is 0 Å². The quantitative estimate of drug-likeness (QED) is 0.0945. The van der Waals surface area contributed by atoms with Crippen molar-refractivity contribution >= 4 is 137 Å². The van der Waals surface area contributed by atoms with E-state index in [9.17, 15) is 0 Å². The van der Waals surface area contributed by atoms with Gasteiger partial charge in [0.2, 0.25) is 0 Å². The Morgan fingerprint density at radius 2 is 0.583 bits per heavy atom. The van der Waals surface area contributed by atoms with Crippen molar-refractivity contribution in [1.29, 1.82) is 0 Å². The third kappa shape index (κ3) is 7.58. The number of anilines is 6. The summed E-state index contributed by atoms with van der Waals surface area (Å²) in [4.78, 5) is 5.21. The second-order valence-electron chi connectivity index (χ2n) is 22.3. The fourth-order valence-corrected chi connectivity index (χ4v) is 24.2. The standard InChI is InChI=1S/C78H56BN3Si2/c1-8-29-57(30-9-1)80-74-50-27-24-47-70(74)79-71-52-51-67(84(63-38-16-5-17-39-63,64-40-18-6-19-41-64)65-42-20-7-21-43-65)56-75(71)81(77-55-59(54-76(80)78(77)79)82-72-48-25-22-45-68(72)69-46-23-26-49-73(69)82)58-31-28-44-66(53-58)83(60-32-10-2-11-33-60,61-34-12-3-13-35-61)62-36-14-4-15-37-62/h1-56H. The molecular weight excluding hydrogens is 1050 g/mol. The van der Waals surface area contributed by atoms with Crippen molar-refractivity contribution < 1.29 is 0 Å². The van der Waals surface area contributed by atoms with Crippen LogP contribution in [0.25, 0.3) is 27.5 Å². The van der Waals surface area contributed by atoms with Gasteiger partial charge >= 0.3 is 0 Å². The molecule has 2 aliphatic heterocycles. The molecule has 0 N–H and O–H groups in total. The summed E-state index contributed by atoms with van der Waals surface area (Å²) in [6.45, 7) is -0.102. The first-order valence-corrected chi connectivity index (χ1v) is 33.2. The average molecular weight is 1100 g/mol. The average Bonchev–Trinajstić information content (AvgIpc) is 2.15. The molecule has 13 aromatic carbocycles. The predicted molar refractivity (Wildman–Crippen MR) is 362 cm³/mol. The Labute approximate surface area is 493 Å². The van der Waals surface area contributed by atoms with Crippen LogP contribution in [0.15, 0.2) is 340 Å². The first kappa shape index (κ1) is 49.6. The van der Waals surface area contributed by atoms with Crippen molar-refractivity contribution in [2.75, 3.05) is 9.80 Å². The van der Waals surface area contributed by atoms with E-state index in [0.29, 0.717) is 0 Å². The molecule has 14 aromatic rings. The number of hydrogen-bond acceptors (Lipinski definition) is 2. The minimum Gasteiger partial charge on any atom is -0.311 e. The van der Waals surface area contributed by atoms with Crippen LogP contribution in [-0.4, -0.2) is 27.4 Å². The summed E-state index contributed by atoms with van der Waals surface area (Å²) >= 11 is 0. The second kappa shape index (κ2) is 20.3. The molecule has 0 saturated heterocycles. The topological polar surface area (TPSA) is 11.4 Å². The van der Waals surface area contributed by atoms with Crippen molar-refractivity contribution in [2.45, 2.75) is 0 Å². The SMILES string of the molecule is c1ccc(N2c3ccccc3B3c4ccc([Si](c5ccccc5)(c5ccccc5)c5ccccc5)cc4N(c4cccc([Si](c5ccccc5)(c5ccccc5)c5ccccc5)c4)c4cc(-n5c6ccccc6c6ccccc65)cc2c43)cc1. The van der Waals surface area contributed by atoms with Crippen molar-refractivity contribution in [3.05, 3.63) is 340 Å². The molecule has 0 atom stereocenters. The van der Waals surface area contributed by atoms with Crippen LogP contribution in [0.2, 0.25) is 0 Å². The molecule has 0 radical (unpaired) electrons. The first-order chi connectivity index (χ1) is 41.7. The smallest absolute Gasteiger partial charge is 0.252 e. The van der Waals surface area contributed by atoms with E-state index in [2.05, 4.69) is 354 Å². The fraction of sp³-hybridized carbons (Fsp3) is 0. The summed E-state index contributed by atoms with van der Waals surface area (Å²) in [5, 5.41) is 13.1. The zero-order chi connectivity index (χ0) is 55.6. The number of rotatable bonds is 11. The summed E-state index contributed by atoms with van der Waals surface area (Å²) in [5.74, 6) is 0. The number of para-hydroxylation sites is 4. The van der Waals surface area contributed by atoms with Crippen LogP contribution in [0.1, 0.15) is 0 Å². The van der Waals surface area contributed by atoms with Gasteiger partial charge in [-0.1, -0.05) is 279 Å². The highest BCUT2D eigenvalue weighted by Gasteiger charge is 2.48. The van der Waals surface area contributed by atoms with Crippen molar-refractivity contribution in [3.63, 3.8) is 0 Å². The van der Waals surface area contributed by atoms with Gasteiger partial charge < -0.3 is 14.4 Å². The Morgan fingerprint density at radius 1 is 0.226 bits per heavy atom. The van der Waals surface area contributed by atoms with Crippen molar-refractivity contribution in [1.82, 2.24) is 4.57 Å². The minimum absolute atomic E-state index is 0.102. The molecule has 6 heteroatoms. The summed E-state index contributed by atoms with van der Waals surface area (Å²) in [7, 11) is -6.08. The van der Waals surface area contributed by atoms with Crippen LogP contribution in [0.5, 0.6) is 0 Å². The van der Waals surface area contributed by atoms with Crippen LogP contribution in [0, 0.1) is 0 Å². The molecule has 0 bridgehead atoms. The lowest BCUT2D eigenvalue weighted by molar-refractivity contribution is 1.16. The maximum atomic E-state index is 2.67. The van der Waals surface area contributed by atoms with Crippen molar-refractivity contribution in [3.8, 4) is 5.69 Å². The van der Waals surface area contributed by atoms with Crippen LogP contribution in [0.3, 0.4) is 0 Å². The number of nitrogens with zero attached hydrogens (tertiary/aromatic N) is 3. The molecule has 0 aliphatic carbocycles. The summed E-state index contributed by atoms with van der Waals surface area (Å²) < 4.78 is 2.51. The predicted octanol–water partition coefficient (Wildman–Crippen LogP) is 11.6. The fourth-order valence-electron chi connectivity index (χ4n) is 14.6. The summed E-state index contributed by atoms with van der Waals surface area (Å²) in [6.07, 6.45) is 0. The van der Waals surface area contributed by atoms with E-state index in [0.717, 1.165) is 22.7 Å². The normalized spacial score (nSPS) is 12.7. The van der Waals surface area contributed by atoms with E-state index >= 15 is 0 Å². The third-order valence-corrected chi connectivity index (χ3v) is 27.6. The van der Waals surface area contributed by atoms with Crippen molar-refractivity contribution in [2.24, 2.45) is 0 Å². The molecule has 84 heavy (non-hydrogen) atoms. The highest BCUT2D eigenvalue weighted by molar-refractivity contribution is 7.20. The third-order valence-electron chi connectivity index (χ3n) is 18.0. The molecule has 0 fully saturated rings. The molecule has 2 aliphatic rings. The van der Waals surface area contributed by atoms with E-state index in [-0.39, 0.29) is 6.71 Å². The Kier molecular flexibility index (Phi) is 12.0. The van der Waals surface area contributed by atoms with Gasteiger partial charge in [0.25, 0.3) is 6.71 Å². The minimum atomic E-state index is -3.06. The lowest BCUT2D eigenvalue weighted by Crippen LogP contribution is -2.75. The van der Waals surface area contributed by atoms with Crippen LogP contribution < -0.4 is 67.7 Å². The lowest BCUT2D eigenvalue weighted by atomic mass is 9.33. The highest BCUT2D eigenvalue weighted by Crippen LogP contribution is 2.46. The molecule has 16 rings (SSSR count). The Balaban J connectivity index is 1.06. The Hall–Kier alpha value is -10.2. The molecule has 0 spiro atoms. The highest BCUT2D eigenvalue weighted by atomic mass is 28.3. The molecule has 0 amide bonds. The monoisotopic (exact) mass is 1100 g/mol. The largest absolute Gasteiger partial charge is 0.311 e. The van der Waals surface area contributed by atoms with Gasteiger partial charge in [0.05, 0.1) is 16.7 Å². The van der Waals surface area contributed by atoms with E-state index in [1.165, 1.54) is 96.8 Å². The van der Waals surface area contributed by atoms with E-state index in [4.69, 9.17) is 0 Å². The molecule has 0 saturated carbocycles. The maximum absolute atomic E-state index is 3.06. The van der Waals surface area contributed by atoms with Crippen LogP contribution in [0.4, 0.5) is 34.1 Å². The molecule has 3 heterocycles. The van der Waals surface area contributed by atoms with Gasteiger partial charge in [-0.15, -0.1) is 0 Å². The molecule has 3 nitrogen and oxygen atoms in total. The summed E-state index contributed by atoms with van der Waals surface area (Å²) in [6, 6.07) is 129. The van der Waals surface area contributed by atoms with Gasteiger partial charge in [-0.2, -0.15) is 0 Å². The molecular formula is C78H56BN3Si2. The number of aromatic nitrogens is 1. The van der Waals surface area contributed by atoms with Gasteiger partial charge in [-0.05, 0) is 119 Å². The zero-order valence-corrected chi connectivity index (χ0v) is 48.3. The van der Waals surface area contributed by atoms with E-state index < -0.39 is 16.1 Å². The van der Waals surface area contributed by atoms with Crippen LogP contribution >= 0.6 is 0 Å². The number of benzene rings is 13. The molecule has 0 unspecified atom stereocenters.